The first-order valence-corrected chi connectivity index (χ1v) is 15.7. The summed E-state index contributed by atoms with van der Waals surface area (Å²) in [5, 5.41) is 42.5. The normalized spacial score (nSPS) is 26.2. The van der Waals surface area contributed by atoms with E-state index >= 15 is 4.79 Å². The highest BCUT2D eigenvalue weighted by molar-refractivity contribution is 6.41. The van der Waals surface area contributed by atoms with Crippen molar-refractivity contribution in [3.8, 4) is 11.5 Å². The lowest BCUT2D eigenvalue weighted by Gasteiger charge is -2.60. The van der Waals surface area contributed by atoms with Crippen molar-refractivity contribution in [2.24, 2.45) is 22.2 Å². The number of phenolic OH excluding ortho intramolecular Hbond substituents is 2. The molecule has 7 nitrogen and oxygen atoms in total. The molecule has 2 saturated carbocycles. The quantitative estimate of drug-likeness (QED) is 0.0524. The Morgan fingerprint density at radius 2 is 1.44 bits per heavy atom. The molecular weight excluding hydrogens is 568 g/mol. The number of carbonyl (C=O) groups excluding carboxylic acids is 3. The number of carbonyl (C=O) groups is 3. The van der Waals surface area contributed by atoms with Gasteiger partial charge < -0.3 is 20.4 Å². The van der Waals surface area contributed by atoms with Gasteiger partial charge in [-0.25, -0.2) is 0 Å². The Kier molecular flexibility index (Phi) is 10.6. The topological polar surface area (TPSA) is 132 Å². The van der Waals surface area contributed by atoms with E-state index in [-0.39, 0.29) is 30.7 Å². The summed E-state index contributed by atoms with van der Waals surface area (Å²) < 4.78 is 0. The number of benzene rings is 1. The van der Waals surface area contributed by atoms with E-state index in [0.29, 0.717) is 18.4 Å². The summed E-state index contributed by atoms with van der Waals surface area (Å²) in [6.07, 6.45) is 7.90. The van der Waals surface area contributed by atoms with Crippen molar-refractivity contribution >= 4 is 23.1 Å². The van der Waals surface area contributed by atoms with Crippen LogP contribution in [0.4, 0.5) is 0 Å². The standard InChI is InChI=1S/C38H50O7/c1-22(2)10-13-27-21-37(18-17-25(7)28(39)14-11-23(3)4)33(43)31(32(42)26-12-15-29(40)30(41)20-26)34(44)38(35(37)45,36(27,8)9)19-16-24(5)6/h10-12,15-17,20,27-28,39-42H,13-14,18-19,21H2,1-9H3/b25-17+,32-31?/t27-,28+,37+,38-/m1/s1. The third kappa shape index (κ3) is 6.51. The van der Waals surface area contributed by atoms with Crippen molar-refractivity contribution < 1.29 is 34.8 Å². The molecule has 0 saturated heterocycles. The number of aliphatic hydroxyl groups excluding tert-OH is 2. The molecule has 4 N–H and O–H groups in total. The Balaban J connectivity index is 2.40. The predicted octanol–water partition coefficient (Wildman–Crippen LogP) is 7.87. The van der Waals surface area contributed by atoms with E-state index in [0.717, 1.165) is 22.8 Å². The molecule has 7 heteroatoms. The van der Waals surface area contributed by atoms with E-state index in [9.17, 15) is 30.0 Å². The van der Waals surface area contributed by atoms with Crippen LogP contribution in [0.1, 0.15) is 100.0 Å². The number of allylic oxidation sites excluding steroid dienone is 7. The molecule has 2 aliphatic carbocycles. The van der Waals surface area contributed by atoms with Gasteiger partial charge in [0.2, 0.25) is 0 Å². The molecule has 0 aliphatic heterocycles. The van der Waals surface area contributed by atoms with Crippen molar-refractivity contribution in [1.29, 1.82) is 0 Å². The van der Waals surface area contributed by atoms with Gasteiger partial charge in [0.1, 0.15) is 16.7 Å². The predicted molar refractivity (Wildman–Crippen MR) is 178 cm³/mol. The highest BCUT2D eigenvalue weighted by Gasteiger charge is 2.73. The summed E-state index contributed by atoms with van der Waals surface area (Å²) in [6, 6.07) is 3.57. The molecule has 0 heterocycles. The maximum Gasteiger partial charge on any atom is 0.184 e. The van der Waals surface area contributed by atoms with Crippen molar-refractivity contribution in [2.75, 3.05) is 0 Å². The number of hydrogen-bond acceptors (Lipinski definition) is 7. The minimum absolute atomic E-state index is 0.0234. The third-order valence-corrected chi connectivity index (χ3v) is 9.97. The molecule has 3 rings (SSSR count). The lowest BCUT2D eigenvalue weighted by atomic mass is 9.38. The monoisotopic (exact) mass is 618 g/mol. The Morgan fingerprint density at radius 1 is 0.844 bits per heavy atom. The van der Waals surface area contributed by atoms with Gasteiger partial charge in [-0.3, -0.25) is 14.4 Å². The van der Waals surface area contributed by atoms with Gasteiger partial charge in [-0.2, -0.15) is 0 Å². The molecule has 1 aromatic rings. The number of hydrogen-bond donors (Lipinski definition) is 4. The van der Waals surface area contributed by atoms with Crippen molar-refractivity contribution in [2.45, 2.75) is 101 Å². The van der Waals surface area contributed by atoms with Crippen LogP contribution in [-0.2, 0) is 14.4 Å². The molecule has 1 aromatic carbocycles. The summed E-state index contributed by atoms with van der Waals surface area (Å²) in [6.45, 7) is 17.2. The molecule has 244 valence electrons. The molecule has 2 aliphatic rings. The zero-order chi connectivity index (χ0) is 34.1. The molecule has 45 heavy (non-hydrogen) atoms. The number of fused-ring (bicyclic) bond motifs is 2. The van der Waals surface area contributed by atoms with Crippen molar-refractivity contribution in [3.63, 3.8) is 0 Å². The summed E-state index contributed by atoms with van der Waals surface area (Å²) >= 11 is 0. The second kappa shape index (κ2) is 13.3. The van der Waals surface area contributed by atoms with Crippen LogP contribution in [0.2, 0.25) is 0 Å². The van der Waals surface area contributed by atoms with Crippen LogP contribution in [0.25, 0.3) is 5.76 Å². The summed E-state index contributed by atoms with van der Waals surface area (Å²) in [7, 11) is 0. The van der Waals surface area contributed by atoms with E-state index in [2.05, 4.69) is 6.08 Å². The Hall–Kier alpha value is -3.71. The number of phenols is 2. The van der Waals surface area contributed by atoms with E-state index in [1.165, 1.54) is 12.1 Å². The molecule has 0 aromatic heterocycles. The molecular formula is C38H50O7. The second-order valence-corrected chi connectivity index (χ2v) is 14.2. The first-order chi connectivity index (χ1) is 20.8. The van der Waals surface area contributed by atoms with Gasteiger partial charge in [0.15, 0.2) is 28.8 Å². The van der Waals surface area contributed by atoms with Crippen LogP contribution < -0.4 is 0 Å². The van der Waals surface area contributed by atoms with Crippen molar-refractivity contribution in [3.05, 3.63) is 75.9 Å². The summed E-state index contributed by atoms with van der Waals surface area (Å²) in [5.74, 6) is -3.74. The van der Waals surface area contributed by atoms with Gasteiger partial charge in [0.05, 0.1) is 11.5 Å². The largest absolute Gasteiger partial charge is 0.506 e. The fourth-order valence-electron chi connectivity index (χ4n) is 6.83. The lowest BCUT2D eigenvalue weighted by molar-refractivity contribution is -0.176. The average molecular weight is 619 g/mol. The van der Waals surface area contributed by atoms with Crippen molar-refractivity contribution in [1.82, 2.24) is 0 Å². The van der Waals surface area contributed by atoms with E-state index in [1.54, 1.807) is 13.0 Å². The van der Waals surface area contributed by atoms with Crippen LogP contribution in [0, 0.1) is 22.2 Å². The van der Waals surface area contributed by atoms with E-state index in [4.69, 9.17) is 0 Å². The first-order valence-electron chi connectivity index (χ1n) is 15.7. The van der Waals surface area contributed by atoms with Crippen LogP contribution in [0.5, 0.6) is 11.5 Å². The van der Waals surface area contributed by atoms with Crippen LogP contribution in [-0.4, -0.2) is 43.9 Å². The molecule has 2 bridgehead atoms. The van der Waals surface area contributed by atoms with E-state index < -0.39 is 62.5 Å². The number of ketones is 3. The maximum absolute atomic E-state index is 15.0. The van der Waals surface area contributed by atoms with E-state index in [1.807, 2.05) is 67.5 Å². The fourth-order valence-corrected chi connectivity index (χ4v) is 6.83. The maximum atomic E-state index is 15.0. The van der Waals surface area contributed by atoms with Crippen LogP contribution in [0.3, 0.4) is 0 Å². The Morgan fingerprint density at radius 3 is 2.00 bits per heavy atom. The number of aromatic hydroxyl groups is 2. The zero-order valence-corrected chi connectivity index (χ0v) is 28.2. The minimum atomic E-state index is -1.67. The number of rotatable bonds is 10. The number of Topliss-reactive ketones (excluding diaryl/α,β-unsaturated/α-hetero) is 3. The zero-order valence-electron chi connectivity index (χ0n) is 28.2. The molecule has 0 spiro atoms. The average Bonchev–Trinajstić information content (AvgIpc) is 2.95. The fraction of sp³-hybridized carbons (Fsp3) is 0.500. The van der Waals surface area contributed by atoms with Crippen LogP contribution in [0.15, 0.2) is 70.4 Å². The highest BCUT2D eigenvalue weighted by atomic mass is 16.3. The molecule has 0 unspecified atom stereocenters. The Bertz CT molecular complexity index is 1520. The van der Waals surface area contributed by atoms with Gasteiger partial charge in [-0.05, 0) is 116 Å². The summed E-state index contributed by atoms with van der Waals surface area (Å²) in [4.78, 5) is 44.6. The second-order valence-electron chi connectivity index (χ2n) is 14.2. The molecule has 0 amide bonds. The van der Waals surface area contributed by atoms with Gasteiger partial charge in [-0.15, -0.1) is 0 Å². The van der Waals surface area contributed by atoms with Gasteiger partial charge in [-0.1, -0.05) is 54.9 Å². The number of aliphatic hydroxyl groups is 2. The third-order valence-electron chi connectivity index (χ3n) is 9.97. The lowest BCUT2D eigenvalue weighted by Crippen LogP contribution is -2.69. The molecule has 4 atom stereocenters. The van der Waals surface area contributed by atoms with Gasteiger partial charge in [0, 0.05) is 5.56 Å². The SMILES string of the molecule is CC(C)=CC[C@@H]1C[C@@]2(C/C=C(\C)[C@@H](O)CC=C(C)C)C(=O)C(=C(O)c3ccc(O)c(O)c3)C(=O)[C@](CC=C(C)C)(C2=O)C1(C)C. The Labute approximate surface area is 267 Å². The van der Waals surface area contributed by atoms with Crippen LogP contribution >= 0.6 is 0 Å². The smallest absolute Gasteiger partial charge is 0.184 e. The first kappa shape index (κ1) is 35.8. The minimum Gasteiger partial charge on any atom is -0.506 e. The highest BCUT2D eigenvalue weighted by Crippen LogP contribution is 2.65. The molecule has 2 fully saturated rings. The molecule has 0 radical (unpaired) electrons. The van der Waals surface area contributed by atoms with Gasteiger partial charge >= 0.3 is 0 Å². The summed E-state index contributed by atoms with van der Waals surface area (Å²) in [5.41, 5.74) is -1.07. The van der Waals surface area contributed by atoms with Gasteiger partial charge in [0.25, 0.3) is 0 Å².